The maximum Gasteiger partial charge on any atom is 0.416 e. The fourth-order valence-corrected chi connectivity index (χ4v) is 3.89. The van der Waals surface area contributed by atoms with E-state index in [-0.39, 0.29) is 32.0 Å². The highest BCUT2D eigenvalue weighted by Crippen LogP contribution is 2.30. The van der Waals surface area contributed by atoms with Gasteiger partial charge in [-0.15, -0.1) is 0 Å². The van der Waals surface area contributed by atoms with Crippen LogP contribution >= 0.6 is 0 Å². The van der Waals surface area contributed by atoms with Crippen molar-refractivity contribution in [2.75, 3.05) is 13.2 Å². The minimum atomic E-state index is -4.63. The van der Waals surface area contributed by atoms with Crippen LogP contribution in [0.2, 0.25) is 0 Å². The number of carbonyl (C=O) groups excluding carboxylic acids is 1. The summed E-state index contributed by atoms with van der Waals surface area (Å²) in [6.07, 6.45) is -4.85. The van der Waals surface area contributed by atoms with Crippen LogP contribution in [0.4, 0.5) is 13.2 Å². The first kappa shape index (κ1) is 24.8. The summed E-state index contributed by atoms with van der Waals surface area (Å²) in [6.45, 7) is 1.97. The van der Waals surface area contributed by atoms with Crippen LogP contribution in [0.5, 0.6) is 0 Å². The van der Waals surface area contributed by atoms with Crippen molar-refractivity contribution in [2.45, 2.75) is 43.4 Å². The molecule has 0 bridgehead atoms. The van der Waals surface area contributed by atoms with Crippen LogP contribution in [-0.4, -0.2) is 32.6 Å². The summed E-state index contributed by atoms with van der Waals surface area (Å²) in [4.78, 5) is 10.9. The molecule has 0 radical (unpaired) electrons. The molecule has 1 unspecified atom stereocenters. The second kappa shape index (κ2) is 10.7. The highest BCUT2D eigenvalue weighted by molar-refractivity contribution is 7.89. The van der Waals surface area contributed by atoms with Crippen molar-refractivity contribution in [1.29, 1.82) is 0 Å². The van der Waals surface area contributed by atoms with E-state index in [1.54, 1.807) is 31.2 Å². The number of ether oxygens (including phenoxy) is 1. The highest BCUT2D eigenvalue weighted by atomic mass is 32.2. The van der Waals surface area contributed by atoms with E-state index < -0.39 is 32.8 Å². The maximum atomic E-state index is 12.8. The molecule has 0 aromatic heterocycles. The first-order valence-electron chi connectivity index (χ1n) is 9.62. The van der Waals surface area contributed by atoms with E-state index in [4.69, 9.17) is 4.74 Å². The number of hydrogen-bond acceptors (Lipinski definition) is 5. The third-order valence-electron chi connectivity index (χ3n) is 4.47. The molecule has 0 saturated carbocycles. The van der Waals surface area contributed by atoms with Crippen LogP contribution in [0, 0.1) is 0 Å². The molecular formula is C21H24F3NO5S. The van der Waals surface area contributed by atoms with Gasteiger partial charge in [0.1, 0.15) is 0 Å². The minimum absolute atomic E-state index is 0.0106. The van der Waals surface area contributed by atoms with Crippen molar-refractivity contribution >= 4 is 16.0 Å². The minimum Gasteiger partial charge on any atom is -0.466 e. The SMILES string of the molecule is CCOC(=O)CCC(O)c1ccc(CCNS(=O)(=O)c2cccc(C(F)(F)F)c2)cc1. The molecule has 0 heterocycles. The summed E-state index contributed by atoms with van der Waals surface area (Å²) in [5.41, 5.74) is 0.346. The van der Waals surface area contributed by atoms with Crippen molar-refractivity contribution in [2.24, 2.45) is 0 Å². The average molecular weight is 459 g/mol. The van der Waals surface area contributed by atoms with Gasteiger partial charge < -0.3 is 9.84 Å². The number of benzene rings is 2. The fourth-order valence-electron chi connectivity index (χ4n) is 2.81. The number of rotatable bonds is 10. The smallest absolute Gasteiger partial charge is 0.416 e. The fraction of sp³-hybridized carbons (Fsp3) is 0.381. The molecule has 0 amide bonds. The van der Waals surface area contributed by atoms with Gasteiger partial charge in [0.15, 0.2) is 0 Å². The summed E-state index contributed by atoms with van der Waals surface area (Å²) < 4.78 is 70.0. The Morgan fingerprint density at radius 1 is 1.16 bits per heavy atom. The van der Waals surface area contributed by atoms with Crippen molar-refractivity contribution in [3.8, 4) is 0 Å². The third kappa shape index (κ3) is 7.64. The number of nitrogens with one attached hydrogen (secondary N) is 1. The van der Waals surface area contributed by atoms with E-state index in [1.165, 1.54) is 0 Å². The molecular weight excluding hydrogens is 435 g/mol. The Hall–Kier alpha value is -2.43. The normalized spacial score (nSPS) is 13.1. The van der Waals surface area contributed by atoms with Crippen LogP contribution in [0.3, 0.4) is 0 Å². The lowest BCUT2D eigenvalue weighted by Gasteiger charge is -2.12. The van der Waals surface area contributed by atoms with Gasteiger partial charge in [0, 0.05) is 13.0 Å². The van der Waals surface area contributed by atoms with E-state index in [2.05, 4.69) is 4.72 Å². The van der Waals surface area contributed by atoms with Crippen LogP contribution in [-0.2, 0) is 32.2 Å². The standard InChI is InChI=1S/C21H24F3NO5S/c1-2-30-20(27)11-10-19(26)16-8-6-15(7-9-16)12-13-25-31(28,29)18-5-3-4-17(14-18)21(22,23)24/h3-9,14,19,25-26H,2,10-13H2,1H3. The largest absolute Gasteiger partial charge is 0.466 e. The number of aliphatic hydroxyl groups excluding tert-OH is 1. The van der Waals surface area contributed by atoms with E-state index >= 15 is 0 Å². The molecule has 0 saturated heterocycles. The van der Waals surface area contributed by atoms with E-state index in [1.807, 2.05) is 0 Å². The number of carbonyl (C=O) groups is 1. The van der Waals surface area contributed by atoms with Crippen molar-refractivity contribution < 1.29 is 36.2 Å². The van der Waals surface area contributed by atoms with Gasteiger partial charge in [-0.25, -0.2) is 13.1 Å². The Kier molecular flexibility index (Phi) is 8.60. The topological polar surface area (TPSA) is 92.7 Å². The molecule has 31 heavy (non-hydrogen) atoms. The Morgan fingerprint density at radius 3 is 2.45 bits per heavy atom. The summed E-state index contributed by atoms with van der Waals surface area (Å²) in [5, 5.41) is 10.1. The Bertz CT molecular complexity index is 975. The van der Waals surface area contributed by atoms with Crippen molar-refractivity contribution in [3.05, 3.63) is 65.2 Å². The molecule has 170 valence electrons. The summed E-state index contributed by atoms with van der Waals surface area (Å²) in [5.74, 6) is -0.383. The summed E-state index contributed by atoms with van der Waals surface area (Å²) >= 11 is 0. The lowest BCUT2D eigenvalue weighted by atomic mass is 10.0. The average Bonchev–Trinajstić information content (AvgIpc) is 2.72. The Labute approximate surface area is 179 Å². The third-order valence-corrected chi connectivity index (χ3v) is 5.93. The molecule has 2 rings (SSSR count). The van der Waals surface area contributed by atoms with Gasteiger partial charge in [0.2, 0.25) is 10.0 Å². The lowest BCUT2D eigenvalue weighted by Crippen LogP contribution is -2.26. The molecule has 2 N–H and O–H groups in total. The van der Waals surface area contributed by atoms with Crippen molar-refractivity contribution in [1.82, 2.24) is 4.72 Å². The van der Waals surface area contributed by atoms with Gasteiger partial charge in [-0.05, 0) is 49.1 Å². The number of alkyl halides is 3. The first-order chi connectivity index (χ1) is 14.5. The molecule has 0 spiro atoms. The van der Waals surface area contributed by atoms with Crippen LogP contribution in [0.15, 0.2) is 53.4 Å². The van der Waals surface area contributed by atoms with Gasteiger partial charge >= 0.3 is 12.1 Å². The predicted octanol–water partition coefficient (Wildman–Crippen LogP) is 3.60. The second-order valence-electron chi connectivity index (χ2n) is 6.77. The van der Waals surface area contributed by atoms with E-state index in [0.29, 0.717) is 18.1 Å². The van der Waals surface area contributed by atoms with Gasteiger partial charge in [-0.2, -0.15) is 13.2 Å². The van der Waals surface area contributed by atoms with Gasteiger partial charge in [-0.1, -0.05) is 30.3 Å². The molecule has 2 aromatic carbocycles. The molecule has 0 aliphatic heterocycles. The zero-order valence-corrected chi connectivity index (χ0v) is 17.7. The predicted molar refractivity (Wildman–Crippen MR) is 108 cm³/mol. The summed E-state index contributed by atoms with van der Waals surface area (Å²) in [6, 6.07) is 10.3. The quantitative estimate of drug-likeness (QED) is 0.530. The molecule has 2 aromatic rings. The Morgan fingerprint density at radius 2 is 1.84 bits per heavy atom. The van der Waals surface area contributed by atoms with E-state index in [0.717, 1.165) is 23.8 Å². The van der Waals surface area contributed by atoms with Gasteiger partial charge in [0.05, 0.1) is 23.2 Å². The zero-order valence-electron chi connectivity index (χ0n) is 16.9. The van der Waals surface area contributed by atoms with Gasteiger partial charge in [0.25, 0.3) is 0 Å². The highest BCUT2D eigenvalue weighted by Gasteiger charge is 2.31. The number of hydrogen-bond donors (Lipinski definition) is 2. The zero-order chi connectivity index (χ0) is 23.1. The van der Waals surface area contributed by atoms with E-state index in [9.17, 15) is 31.5 Å². The Balaban J connectivity index is 1.90. The number of halogens is 3. The first-order valence-corrected chi connectivity index (χ1v) is 11.1. The van der Waals surface area contributed by atoms with Gasteiger partial charge in [-0.3, -0.25) is 4.79 Å². The molecule has 0 fully saturated rings. The number of aliphatic hydroxyl groups is 1. The van der Waals surface area contributed by atoms with Crippen LogP contribution in [0.1, 0.15) is 42.6 Å². The van der Waals surface area contributed by atoms with Crippen LogP contribution < -0.4 is 4.72 Å². The monoisotopic (exact) mass is 459 g/mol. The number of sulfonamides is 1. The maximum absolute atomic E-state index is 12.8. The molecule has 6 nitrogen and oxygen atoms in total. The molecule has 10 heteroatoms. The molecule has 0 aliphatic carbocycles. The summed E-state index contributed by atoms with van der Waals surface area (Å²) in [7, 11) is -4.09. The second-order valence-corrected chi connectivity index (χ2v) is 8.54. The van der Waals surface area contributed by atoms with Crippen molar-refractivity contribution in [3.63, 3.8) is 0 Å². The molecule has 0 aliphatic rings. The lowest BCUT2D eigenvalue weighted by molar-refractivity contribution is -0.143. The number of esters is 1. The molecule has 1 atom stereocenters. The van der Waals surface area contributed by atoms with Crippen LogP contribution in [0.25, 0.3) is 0 Å².